The number of piperazine rings is 1. The third-order valence-corrected chi connectivity index (χ3v) is 5.59. The van der Waals surface area contributed by atoms with Crippen LogP contribution in [0.15, 0.2) is 58.1 Å². The summed E-state index contributed by atoms with van der Waals surface area (Å²) < 4.78 is 0. The minimum Gasteiger partial charge on any atom is -0.481 e. The van der Waals surface area contributed by atoms with Crippen molar-refractivity contribution >= 4 is 34.9 Å². The Morgan fingerprint density at radius 2 is 1.81 bits per heavy atom. The fourth-order valence-electron chi connectivity index (χ4n) is 3.65. The topological polar surface area (TPSA) is 94.4 Å². The number of hydrogen-bond acceptors (Lipinski definition) is 5. The first-order valence-electron chi connectivity index (χ1n) is 11.0. The Morgan fingerprint density at radius 3 is 2.53 bits per heavy atom. The molecule has 32 heavy (non-hydrogen) atoms. The molecule has 7 nitrogen and oxygen atoms in total. The summed E-state index contributed by atoms with van der Waals surface area (Å²) >= 11 is 6.05. The van der Waals surface area contributed by atoms with E-state index in [1.807, 2.05) is 47.4 Å². The van der Waals surface area contributed by atoms with Gasteiger partial charge in [-0.2, -0.15) is 0 Å². The number of aliphatic imine (C=N–C) groups is 2. The monoisotopic (exact) mass is 456 g/mol. The molecule has 3 rings (SSSR count). The van der Waals surface area contributed by atoms with Crippen molar-refractivity contribution in [2.45, 2.75) is 25.7 Å². The Bertz CT molecular complexity index is 929. The van der Waals surface area contributed by atoms with Gasteiger partial charge < -0.3 is 15.3 Å². The molecule has 2 heterocycles. The fourth-order valence-corrected chi connectivity index (χ4v) is 3.78. The van der Waals surface area contributed by atoms with Crippen LogP contribution in [0.4, 0.5) is 0 Å². The number of rotatable bonds is 7. The summed E-state index contributed by atoms with van der Waals surface area (Å²) in [5.74, 6) is -0.781. The molecule has 0 spiro atoms. The molecule has 0 radical (unpaired) electrons. The number of carboxylic acid groups (broad SMARTS) is 1. The number of nitrogens with one attached hydrogen (secondary N) is 1. The van der Waals surface area contributed by atoms with E-state index in [0.29, 0.717) is 56.0 Å². The van der Waals surface area contributed by atoms with Crippen LogP contribution in [-0.2, 0) is 9.59 Å². The highest BCUT2D eigenvalue weighted by Gasteiger charge is 2.19. The molecule has 8 heteroatoms. The molecule has 1 fully saturated rings. The number of halogens is 1. The largest absolute Gasteiger partial charge is 0.481 e. The van der Waals surface area contributed by atoms with E-state index in [1.54, 1.807) is 0 Å². The molecule has 1 amide bonds. The lowest BCUT2D eigenvalue weighted by atomic mass is 10.0. The van der Waals surface area contributed by atoms with Crippen LogP contribution in [0.5, 0.6) is 0 Å². The smallest absolute Gasteiger partial charge is 0.303 e. The minimum absolute atomic E-state index is 0.0171. The lowest BCUT2D eigenvalue weighted by Gasteiger charge is -2.27. The van der Waals surface area contributed by atoms with Crippen molar-refractivity contribution in [2.24, 2.45) is 9.98 Å². The predicted octanol–water partition coefficient (Wildman–Crippen LogP) is 3.14. The molecule has 2 N–H and O–H groups in total. The molecule has 170 valence electrons. The molecule has 0 aromatic heterocycles. The minimum atomic E-state index is -0.798. The summed E-state index contributed by atoms with van der Waals surface area (Å²) in [7, 11) is 0. The molecule has 0 saturated carbocycles. The van der Waals surface area contributed by atoms with Gasteiger partial charge in [-0.1, -0.05) is 42.0 Å². The summed E-state index contributed by atoms with van der Waals surface area (Å²) in [5, 5.41) is 12.8. The Labute approximate surface area is 193 Å². The average molecular weight is 457 g/mol. The number of aliphatic carboxylic acids is 1. The maximum absolute atomic E-state index is 12.9. The van der Waals surface area contributed by atoms with Gasteiger partial charge in [-0.25, -0.2) is 0 Å². The zero-order valence-corrected chi connectivity index (χ0v) is 18.9. The Morgan fingerprint density at radius 1 is 1.06 bits per heavy atom. The second kappa shape index (κ2) is 12.3. The SMILES string of the molecule is O=C(O)CCCCC1=NC/C=C(C(=O)N2CCNCC2)\C=C/CN=C1c1ccc(Cl)cc1. The fraction of sp³-hybridized carbons (Fsp3) is 0.417. The van der Waals surface area contributed by atoms with Crippen LogP contribution in [0.2, 0.25) is 5.02 Å². The van der Waals surface area contributed by atoms with Crippen molar-refractivity contribution in [1.82, 2.24) is 10.2 Å². The van der Waals surface area contributed by atoms with Crippen LogP contribution < -0.4 is 5.32 Å². The second-order valence-electron chi connectivity index (χ2n) is 7.69. The van der Waals surface area contributed by atoms with Gasteiger partial charge in [-0.05, 0) is 31.4 Å². The quantitative estimate of drug-likeness (QED) is 0.616. The van der Waals surface area contributed by atoms with Gasteiger partial charge in [0.05, 0.1) is 24.5 Å². The van der Waals surface area contributed by atoms with Crippen LogP contribution >= 0.6 is 11.6 Å². The zero-order chi connectivity index (χ0) is 22.8. The summed E-state index contributed by atoms with van der Waals surface area (Å²) in [5.41, 5.74) is 3.15. The number of unbranched alkanes of at least 4 members (excludes halogenated alkanes) is 1. The van der Waals surface area contributed by atoms with Gasteiger partial charge >= 0.3 is 5.97 Å². The first kappa shape index (κ1) is 23.9. The lowest BCUT2D eigenvalue weighted by molar-refractivity contribution is -0.137. The zero-order valence-electron chi connectivity index (χ0n) is 18.1. The molecule has 2 aliphatic heterocycles. The van der Waals surface area contributed by atoms with Crippen LogP contribution in [-0.4, -0.2) is 72.6 Å². The summed E-state index contributed by atoms with van der Waals surface area (Å²) in [6.45, 7) is 3.77. The maximum atomic E-state index is 12.9. The Balaban J connectivity index is 1.81. The van der Waals surface area contributed by atoms with Gasteiger partial charge in [-0.3, -0.25) is 19.6 Å². The molecule has 0 aliphatic carbocycles. The molecule has 1 aromatic carbocycles. The maximum Gasteiger partial charge on any atom is 0.303 e. The third kappa shape index (κ3) is 7.14. The number of carboxylic acids is 1. The van der Waals surface area contributed by atoms with E-state index in [0.717, 1.165) is 30.1 Å². The first-order valence-corrected chi connectivity index (χ1v) is 11.3. The number of amides is 1. The Hall–Kier alpha value is -2.77. The number of benzene rings is 1. The van der Waals surface area contributed by atoms with Crippen LogP contribution in [0.25, 0.3) is 0 Å². The van der Waals surface area contributed by atoms with Crippen molar-refractivity contribution < 1.29 is 14.7 Å². The molecule has 2 aliphatic rings. The van der Waals surface area contributed by atoms with Crippen molar-refractivity contribution in [2.75, 3.05) is 39.3 Å². The van der Waals surface area contributed by atoms with E-state index >= 15 is 0 Å². The molecule has 1 saturated heterocycles. The summed E-state index contributed by atoms with van der Waals surface area (Å²) in [6, 6.07) is 7.47. The molecular formula is C24H29ClN4O3. The number of hydrogen-bond donors (Lipinski definition) is 2. The van der Waals surface area contributed by atoms with Gasteiger partial charge in [0.25, 0.3) is 5.91 Å². The molecule has 0 unspecified atom stereocenters. The third-order valence-electron chi connectivity index (χ3n) is 5.34. The molecule has 1 aromatic rings. The highest BCUT2D eigenvalue weighted by atomic mass is 35.5. The second-order valence-corrected chi connectivity index (χ2v) is 8.12. The van der Waals surface area contributed by atoms with E-state index in [1.165, 1.54) is 0 Å². The highest BCUT2D eigenvalue weighted by molar-refractivity contribution is 6.48. The van der Waals surface area contributed by atoms with Crippen LogP contribution in [0.1, 0.15) is 31.2 Å². The average Bonchev–Trinajstić information content (AvgIpc) is 2.80. The van der Waals surface area contributed by atoms with E-state index in [-0.39, 0.29) is 12.3 Å². The van der Waals surface area contributed by atoms with E-state index in [9.17, 15) is 9.59 Å². The molecule has 0 atom stereocenters. The van der Waals surface area contributed by atoms with Crippen molar-refractivity contribution in [3.63, 3.8) is 0 Å². The summed E-state index contributed by atoms with van der Waals surface area (Å²) in [6.07, 6.45) is 7.62. The molecular weight excluding hydrogens is 428 g/mol. The standard InChI is InChI=1S/C24H29ClN4O3/c25-20-9-7-18(8-10-20)23-21(5-1-2-6-22(30)31)27-13-11-19(4-3-12-28-23)24(32)29-16-14-26-15-17-29/h3-4,7-11,26H,1-2,5-6,12-17H2,(H,30,31)/b4-3-,19-11+,27-21?,28-23?. The lowest BCUT2D eigenvalue weighted by Crippen LogP contribution is -2.46. The molecule has 0 bridgehead atoms. The van der Waals surface area contributed by atoms with Gasteiger partial charge in [0.2, 0.25) is 0 Å². The van der Waals surface area contributed by atoms with E-state index < -0.39 is 5.97 Å². The van der Waals surface area contributed by atoms with Crippen molar-refractivity contribution in [3.8, 4) is 0 Å². The van der Waals surface area contributed by atoms with Crippen molar-refractivity contribution in [3.05, 3.63) is 58.7 Å². The predicted molar refractivity (Wildman–Crippen MR) is 128 cm³/mol. The first-order chi connectivity index (χ1) is 15.5. The van der Waals surface area contributed by atoms with Gasteiger partial charge in [0.1, 0.15) is 0 Å². The van der Waals surface area contributed by atoms with Crippen LogP contribution in [0.3, 0.4) is 0 Å². The highest BCUT2D eigenvalue weighted by Crippen LogP contribution is 2.15. The van der Waals surface area contributed by atoms with E-state index in [4.69, 9.17) is 26.7 Å². The normalized spacial score (nSPS) is 19.9. The Kier molecular flexibility index (Phi) is 9.19. The van der Waals surface area contributed by atoms with Crippen LogP contribution in [0, 0.1) is 0 Å². The van der Waals surface area contributed by atoms with E-state index in [2.05, 4.69) is 5.32 Å². The summed E-state index contributed by atoms with van der Waals surface area (Å²) in [4.78, 5) is 35.2. The van der Waals surface area contributed by atoms with Gasteiger partial charge in [0, 0.05) is 48.8 Å². The van der Waals surface area contributed by atoms with Crippen molar-refractivity contribution in [1.29, 1.82) is 0 Å². The van der Waals surface area contributed by atoms with Gasteiger partial charge in [0.15, 0.2) is 0 Å². The number of carbonyl (C=O) groups excluding carboxylic acids is 1. The number of carbonyl (C=O) groups is 2. The number of nitrogens with zero attached hydrogens (tertiary/aromatic N) is 3. The van der Waals surface area contributed by atoms with Gasteiger partial charge in [-0.15, -0.1) is 0 Å².